The lowest BCUT2D eigenvalue weighted by atomic mass is 9.76. The van der Waals surface area contributed by atoms with Crippen LogP contribution in [0.4, 0.5) is 0 Å². The van der Waals surface area contributed by atoms with Crippen LogP contribution in [0.3, 0.4) is 0 Å². The van der Waals surface area contributed by atoms with Gasteiger partial charge in [-0.25, -0.2) is 0 Å². The van der Waals surface area contributed by atoms with Crippen molar-refractivity contribution in [3.8, 4) is 11.5 Å². The standard InChI is InChI=1S/C39H57N2OSi/c1-38(2,3)28-17-19-30(20-18-28)42-31-21-22-32-34-24-27-16-23-37(33(27)26-36(34)39(4,5)35(32)25-31)43(9,10)40(41(6,7)8)29-14-12-11-13-15-29/h17-22,24-27,29,33,37H,11-16,23H2,1-10H3/q+1. The summed E-state index contributed by atoms with van der Waals surface area (Å²) in [6, 6.07) is 16.2. The first-order chi connectivity index (χ1) is 20.1. The van der Waals surface area contributed by atoms with Crippen molar-refractivity contribution in [3.05, 3.63) is 76.9 Å². The third-order valence-corrected chi connectivity index (χ3v) is 16.1. The minimum Gasteiger partial charge on any atom is -0.457 e. The van der Waals surface area contributed by atoms with E-state index in [0.29, 0.717) is 11.8 Å². The fraction of sp³-hybridized carbons (Fsp3) is 0.590. The van der Waals surface area contributed by atoms with Gasteiger partial charge in [0.25, 0.3) is 0 Å². The highest BCUT2D eigenvalue weighted by Crippen LogP contribution is 2.59. The van der Waals surface area contributed by atoms with Crippen LogP contribution >= 0.6 is 0 Å². The van der Waals surface area contributed by atoms with Crippen LogP contribution in [0.2, 0.25) is 18.6 Å². The van der Waals surface area contributed by atoms with Crippen LogP contribution in [0.25, 0.3) is 5.57 Å². The van der Waals surface area contributed by atoms with E-state index in [1.807, 2.05) is 0 Å². The summed E-state index contributed by atoms with van der Waals surface area (Å²) >= 11 is 0. The topological polar surface area (TPSA) is 12.5 Å². The zero-order valence-electron chi connectivity index (χ0n) is 28.8. The predicted octanol–water partition coefficient (Wildman–Crippen LogP) is 10.2. The number of hydrogen-bond donors (Lipinski definition) is 0. The summed E-state index contributed by atoms with van der Waals surface area (Å²) in [5.41, 5.74) is 8.12. The van der Waals surface area contributed by atoms with Crippen LogP contribution in [0.5, 0.6) is 11.5 Å². The summed E-state index contributed by atoms with van der Waals surface area (Å²) in [7, 11) is 5.54. The number of allylic oxidation sites excluding steroid dienone is 4. The number of ether oxygens (including phenoxy) is 1. The molecule has 2 aromatic carbocycles. The Morgan fingerprint density at radius 1 is 0.837 bits per heavy atom. The molecule has 0 aromatic heterocycles. The van der Waals surface area contributed by atoms with Gasteiger partial charge in [0, 0.05) is 11.5 Å². The number of benzene rings is 2. The van der Waals surface area contributed by atoms with Crippen LogP contribution in [0.15, 0.2) is 60.2 Å². The normalized spacial score (nSPS) is 25.6. The highest BCUT2D eigenvalue weighted by Gasteiger charge is 2.55. The van der Waals surface area contributed by atoms with E-state index in [-0.39, 0.29) is 10.8 Å². The molecule has 0 aliphatic heterocycles. The second-order valence-corrected chi connectivity index (χ2v) is 21.5. The Hall–Kier alpha value is -2.14. The Morgan fingerprint density at radius 3 is 2.12 bits per heavy atom. The molecule has 2 saturated carbocycles. The Kier molecular flexibility index (Phi) is 7.71. The minimum atomic E-state index is -1.76. The lowest BCUT2D eigenvalue weighted by molar-refractivity contribution is -0.975. The van der Waals surface area contributed by atoms with Gasteiger partial charge in [-0.3, -0.25) is 4.59 Å². The van der Waals surface area contributed by atoms with Crippen molar-refractivity contribution in [1.29, 1.82) is 0 Å². The predicted molar refractivity (Wildman–Crippen MR) is 185 cm³/mol. The third-order valence-electron chi connectivity index (χ3n) is 11.4. The fourth-order valence-corrected chi connectivity index (χ4v) is 14.8. The van der Waals surface area contributed by atoms with Crippen molar-refractivity contribution in [2.45, 2.75) is 115 Å². The van der Waals surface area contributed by atoms with Crippen LogP contribution < -0.4 is 4.74 Å². The molecule has 3 unspecified atom stereocenters. The Labute approximate surface area is 263 Å². The van der Waals surface area contributed by atoms with E-state index in [9.17, 15) is 0 Å². The Morgan fingerprint density at radius 2 is 1.49 bits per heavy atom. The van der Waals surface area contributed by atoms with Gasteiger partial charge in [-0.2, -0.15) is 4.67 Å². The van der Waals surface area contributed by atoms with Crippen LogP contribution in [0.1, 0.15) is 96.3 Å². The van der Waals surface area contributed by atoms with E-state index in [1.54, 1.807) is 5.57 Å². The second kappa shape index (κ2) is 10.7. The number of nitrogens with zero attached hydrogens (tertiary/aromatic N) is 2. The molecular formula is C39H57N2OSi+. The maximum Gasteiger partial charge on any atom is 0.190 e. The molecule has 0 bridgehead atoms. The van der Waals surface area contributed by atoms with E-state index in [1.165, 1.54) is 67.2 Å². The van der Waals surface area contributed by atoms with Crippen molar-refractivity contribution in [2.24, 2.45) is 11.8 Å². The van der Waals surface area contributed by atoms with Crippen LogP contribution in [0, 0.1) is 11.8 Å². The summed E-state index contributed by atoms with van der Waals surface area (Å²) < 4.78 is 10.5. The van der Waals surface area contributed by atoms with E-state index in [2.05, 4.69) is 128 Å². The highest BCUT2D eigenvalue weighted by molar-refractivity contribution is 6.76. The number of quaternary nitrogens is 1. The summed E-state index contributed by atoms with van der Waals surface area (Å²) in [6.07, 6.45) is 15.2. The monoisotopic (exact) mass is 597 g/mol. The fourth-order valence-electron chi connectivity index (χ4n) is 9.55. The molecule has 0 spiro atoms. The molecule has 43 heavy (non-hydrogen) atoms. The lowest BCUT2D eigenvalue weighted by Gasteiger charge is -2.53. The van der Waals surface area contributed by atoms with Gasteiger partial charge in [0.15, 0.2) is 8.24 Å². The highest BCUT2D eigenvalue weighted by atomic mass is 28.3. The first kappa shape index (κ1) is 30.9. The van der Waals surface area contributed by atoms with Crippen molar-refractivity contribution < 1.29 is 9.33 Å². The van der Waals surface area contributed by atoms with E-state index >= 15 is 0 Å². The number of fused-ring (bicyclic) bond motifs is 4. The average Bonchev–Trinajstić information content (AvgIpc) is 3.44. The van der Waals surface area contributed by atoms with Gasteiger partial charge in [-0.1, -0.05) is 104 Å². The summed E-state index contributed by atoms with van der Waals surface area (Å²) in [6.45, 7) is 17.1. The smallest absolute Gasteiger partial charge is 0.190 e. The van der Waals surface area contributed by atoms with Gasteiger partial charge in [0.2, 0.25) is 0 Å². The van der Waals surface area contributed by atoms with Gasteiger partial charge in [0.05, 0.1) is 21.1 Å². The molecular weight excluding hydrogens is 541 g/mol. The summed E-state index contributed by atoms with van der Waals surface area (Å²) in [5.74, 6) is 3.16. The lowest BCUT2D eigenvalue weighted by Crippen LogP contribution is -2.69. The molecule has 4 heteroatoms. The number of hydrogen-bond acceptors (Lipinski definition) is 2. The minimum absolute atomic E-state index is 0.0242. The maximum absolute atomic E-state index is 6.43. The van der Waals surface area contributed by atoms with Crippen LogP contribution in [-0.2, 0) is 10.8 Å². The first-order valence-electron chi connectivity index (χ1n) is 17.1. The maximum atomic E-state index is 6.43. The zero-order valence-corrected chi connectivity index (χ0v) is 29.8. The molecule has 3 atom stereocenters. The molecule has 6 rings (SSSR count). The Balaban J connectivity index is 1.29. The molecule has 4 aliphatic rings. The van der Waals surface area contributed by atoms with Gasteiger partial charge in [0.1, 0.15) is 11.5 Å². The van der Waals surface area contributed by atoms with Crippen molar-refractivity contribution in [3.63, 3.8) is 0 Å². The van der Waals surface area contributed by atoms with Gasteiger partial charge < -0.3 is 4.74 Å². The molecule has 2 fully saturated rings. The van der Waals surface area contributed by atoms with E-state index in [0.717, 1.165) is 27.7 Å². The summed E-state index contributed by atoms with van der Waals surface area (Å²) in [4.78, 5) is 0. The van der Waals surface area contributed by atoms with Crippen molar-refractivity contribution in [1.82, 2.24) is 4.67 Å². The zero-order chi connectivity index (χ0) is 30.9. The van der Waals surface area contributed by atoms with Crippen molar-refractivity contribution >= 4 is 13.8 Å². The first-order valence-corrected chi connectivity index (χ1v) is 20.1. The van der Waals surface area contributed by atoms with E-state index in [4.69, 9.17) is 4.74 Å². The molecule has 0 heterocycles. The SMILES string of the molecule is CC(C)(C)c1ccc(Oc2ccc3c(c2)C(C)(C)C2=CC4C(C=C23)CCC4[Si](C)(C)N(C2CCCCC2)[N+](C)(C)C)cc1. The molecule has 4 aliphatic carbocycles. The van der Waals surface area contributed by atoms with Gasteiger partial charge in [-0.05, 0) is 94.2 Å². The van der Waals surface area contributed by atoms with Crippen molar-refractivity contribution in [2.75, 3.05) is 21.1 Å². The second-order valence-electron chi connectivity index (χ2n) is 17.0. The molecule has 0 N–H and O–H groups in total. The van der Waals surface area contributed by atoms with Gasteiger partial charge >= 0.3 is 0 Å². The van der Waals surface area contributed by atoms with E-state index < -0.39 is 8.24 Å². The Bertz CT molecular complexity index is 1410. The van der Waals surface area contributed by atoms with Gasteiger partial charge in [-0.15, -0.1) is 0 Å². The molecule has 0 saturated heterocycles. The average molecular weight is 598 g/mol. The summed E-state index contributed by atoms with van der Waals surface area (Å²) in [5, 5.41) is 0. The molecule has 0 amide bonds. The van der Waals surface area contributed by atoms with Crippen LogP contribution in [-0.4, -0.2) is 44.7 Å². The number of rotatable bonds is 6. The molecule has 0 radical (unpaired) electrons. The quantitative estimate of drug-likeness (QED) is 0.187. The molecule has 232 valence electrons. The third kappa shape index (κ3) is 5.51. The molecule has 2 aromatic rings. The molecule has 3 nitrogen and oxygen atoms in total. The largest absolute Gasteiger partial charge is 0.457 e.